The molecule has 0 bridgehead atoms. The second kappa shape index (κ2) is 12.0. The summed E-state index contributed by atoms with van der Waals surface area (Å²) < 4.78 is 3.47. The van der Waals surface area contributed by atoms with E-state index in [1.807, 2.05) is 42.5 Å². The molecule has 0 unspecified atom stereocenters. The summed E-state index contributed by atoms with van der Waals surface area (Å²) in [6.07, 6.45) is 6.33. The molecule has 0 saturated carbocycles. The molecule has 5 rings (SSSR count). The van der Waals surface area contributed by atoms with E-state index in [0.29, 0.717) is 19.6 Å². The van der Waals surface area contributed by atoms with Gasteiger partial charge in [0.05, 0.1) is 12.1 Å². The third-order valence-corrected chi connectivity index (χ3v) is 7.79. The fourth-order valence-corrected chi connectivity index (χ4v) is 5.53. The van der Waals surface area contributed by atoms with Gasteiger partial charge < -0.3 is 4.90 Å². The van der Waals surface area contributed by atoms with Gasteiger partial charge in [-0.1, -0.05) is 97.1 Å². The number of hydrogen-bond acceptors (Lipinski definition) is 4. The van der Waals surface area contributed by atoms with Crippen LogP contribution in [0.3, 0.4) is 0 Å². The highest BCUT2D eigenvalue weighted by atomic mass is 32.2. The van der Waals surface area contributed by atoms with E-state index in [9.17, 15) is 9.59 Å². The highest BCUT2D eigenvalue weighted by molar-refractivity contribution is 7.96. The second-order valence-electron chi connectivity index (χ2n) is 9.25. The molecule has 2 heterocycles. The van der Waals surface area contributed by atoms with Gasteiger partial charge in [-0.15, -0.1) is 0 Å². The van der Waals surface area contributed by atoms with E-state index in [2.05, 4.69) is 59.5 Å². The van der Waals surface area contributed by atoms with Gasteiger partial charge in [-0.25, -0.2) is 0 Å². The SMILES string of the molecule is O=C1C(=CN2CC=C(c3ccccc3)CC2)C(=O)N(CCc2ccccc2)SN1CCc1ccccc1. The topological polar surface area (TPSA) is 43.9 Å². The third-order valence-electron chi connectivity index (χ3n) is 6.70. The van der Waals surface area contributed by atoms with Crippen molar-refractivity contribution in [2.24, 2.45) is 0 Å². The van der Waals surface area contributed by atoms with Crippen LogP contribution in [0.15, 0.2) is 109 Å². The van der Waals surface area contributed by atoms with Gasteiger partial charge in [0.25, 0.3) is 11.8 Å². The maximum absolute atomic E-state index is 13.5. The van der Waals surface area contributed by atoms with Crippen LogP contribution in [0.1, 0.15) is 23.1 Å². The van der Waals surface area contributed by atoms with Gasteiger partial charge in [0.2, 0.25) is 0 Å². The summed E-state index contributed by atoms with van der Waals surface area (Å²) in [5.41, 5.74) is 5.13. The van der Waals surface area contributed by atoms with E-state index in [0.717, 1.165) is 25.8 Å². The van der Waals surface area contributed by atoms with E-state index >= 15 is 0 Å². The molecule has 0 N–H and O–H groups in total. The quantitative estimate of drug-likeness (QED) is 0.232. The number of amides is 2. The number of rotatable bonds is 8. The molecule has 3 aromatic rings. The van der Waals surface area contributed by atoms with Crippen LogP contribution in [0, 0.1) is 0 Å². The molecule has 5 nitrogen and oxygen atoms in total. The van der Waals surface area contributed by atoms with E-state index in [4.69, 9.17) is 0 Å². The number of nitrogens with zero attached hydrogens (tertiary/aromatic N) is 3. The van der Waals surface area contributed by atoms with Crippen LogP contribution >= 0.6 is 12.1 Å². The average molecular weight is 510 g/mol. The van der Waals surface area contributed by atoms with Gasteiger partial charge in [0.1, 0.15) is 5.57 Å². The Hall–Kier alpha value is -3.77. The first kappa shape index (κ1) is 24.9. The number of carbonyl (C=O) groups is 2. The lowest BCUT2D eigenvalue weighted by atomic mass is 9.99. The van der Waals surface area contributed by atoms with Crippen molar-refractivity contribution in [3.63, 3.8) is 0 Å². The highest BCUT2D eigenvalue weighted by Crippen LogP contribution is 2.30. The fourth-order valence-electron chi connectivity index (χ4n) is 4.60. The summed E-state index contributed by atoms with van der Waals surface area (Å²) in [6.45, 7) is 2.53. The summed E-state index contributed by atoms with van der Waals surface area (Å²) in [6, 6.07) is 30.7. The van der Waals surface area contributed by atoms with Crippen molar-refractivity contribution in [1.29, 1.82) is 0 Å². The predicted octanol–water partition coefficient (Wildman–Crippen LogP) is 5.38. The summed E-state index contributed by atoms with van der Waals surface area (Å²) in [4.78, 5) is 29.0. The van der Waals surface area contributed by atoms with Crippen LogP contribution in [0.5, 0.6) is 0 Å². The molecule has 2 amide bonds. The van der Waals surface area contributed by atoms with Crippen LogP contribution < -0.4 is 0 Å². The Balaban J connectivity index is 1.33. The standard InChI is InChI=1S/C31H31N3O2S/c35-30-29(24-32-20-18-28(19-21-32)27-14-8-3-9-15-27)31(36)34(23-17-26-12-6-2-7-13-26)37-33(30)22-16-25-10-4-1-5-11-25/h1-15,18,24H,16-17,19-23H2. The molecule has 0 radical (unpaired) electrons. The van der Waals surface area contributed by atoms with Crippen LogP contribution in [0.4, 0.5) is 0 Å². The first-order valence-electron chi connectivity index (χ1n) is 12.8. The van der Waals surface area contributed by atoms with Crippen molar-refractivity contribution in [1.82, 2.24) is 13.5 Å². The Morgan fingerprint density at radius 1 is 0.703 bits per heavy atom. The molecule has 0 spiro atoms. The first-order valence-corrected chi connectivity index (χ1v) is 13.5. The van der Waals surface area contributed by atoms with E-state index < -0.39 is 0 Å². The van der Waals surface area contributed by atoms with E-state index in [-0.39, 0.29) is 17.4 Å². The molecule has 0 aromatic heterocycles. The lowest BCUT2D eigenvalue weighted by Gasteiger charge is -2.35. The zero-order chi connectivity index (χ0) is 25.5. The fraction of sp³-hybridized carbons (Fsp3) is 0.226. The van der Waals surface area contributed by atoms with Gasteiger partial charge >= 0.3 is 0 Å². The number of carbonyl (C=O) groups excluding carboxylic acids is 2. The van der Waals surface area contributed by atoms with Gasteiger partial charge in [0.15, 0.2) is 0 Å². The molecule has 1 fully saturated rings. The highest BCUT2D eigenvalue weighted by Gasteiger charge is 2.37. The molecule has 1 saturated heterocycles. The minimum atomic E-state index is -0.209. The summed E-state index contributed by atoms with van der Waals surface area (Å²) >= 11 is 1.25. The lowest BCUT2D eigenvalue weighted by Crippen LogP contribution is -2.46. The van der Waals surface area contributed by atoms with Crippen LogP contribution in [0.2, 0.25) is 0 Å². The van der Waals surface area contributed by atoms with Gasteiger partial charge in [-0.05, 0) is 41.5 Å². The molecule has 3 aromatic carbocycles. The van der Waals surface area contributed by atoms with E-state index in [1.165, 1.54) is 34.4 Å². The molecule has 0 atom stereocenters. The Kier molecular flexibility index (Phi) is 8.06. The number of benzene rings is 3. The molecule has 0 aliphatic carbocycles. The summed E-state index contributed by atoms with van der Waals surface area (Å²) in [7, 11) is 0. The Bertz CT molecular complexity index is 1210. The van der Waals surface area contributed by atoms with Gasteiger partial charge in [-0.2, -0.15) is 0 Å². The lowest BCUT2D eigenvalue weighted by molar-refractivity contribution is -0.131. The Labute approximate surface area is 223 Å². The Morgan fingerprint density at radius 3 is 1.70 bits per heavy atom. The molecule has 6 heteroatoms. The van der Waals surface area contributed by atoms with Gasteiger partial charge in [0, 0.05) is 32.4 Å². The molecular formula is C31H31N3O2S. The maximum atomic E-state index is 13.5. The Morgan fingerprint density at radius 2 is 1.22 bits per heavy atom. The van der Waals surface area contributed by atoms with Crippen LogP contribution in [-0.4, -0.2) is 51.5 Å². The molecule has 37 heavy (non-hydrogen) atoms. The van der Waals surface area contributed by atoms with Crippen LogP contribution in [0.25, 0.3) is 5.57 Å². The van der Waals surface area contributed by atoms with Crippen molar-refractivity contribution in [3.8, 4) is 0 Å². The van der Waals surface area contributed by atoms with Crippen molar-refractivity contribution >= 4 is 29.5 Å². The monoisotopic (exact) mass is 509 g/mol. The first-order chi connectivity index (χ1) is 18.2. The molecule has 2 aliphatic rings. The van der Waals surface area contributed by atoms with Crippen LogP contribution in [-0.2, 0) is 22.4 Å². The minimum Gasteiger partial charge on any atom is -0.372 e. The molecule has 2 aliphatic heterocycles. The zero-order valence-electron chi connectivity index (χ0n) is 20.8. The van der Waals surface area contributed by atoms with E-state index in [1.54, 1.807) is 14.8 Å². The zero-order valence-corrected chi connectivity index (χ0v) is 21.6. The van der Waals surface area contributed by atoms with Crippen molar-refractivity contribution in [3.05, 3.63) is 126 Å². The minimum absolute atomic E-state index is 0.209. The normalized spacial score (nSPS) is 16.2. The largest absolute Gasteiger partial charge is 0.372 e. The maximum Gasteiger partial charge on any atom is 0.272 e. The average Bonchev–Trinajstić information content (AvgIpc) is 2.96. The smallest absolute Gasteiger partial charge is 0.272 e. The molecular weight excluding hydrogens is 478 g/mol. The third kappa shape index (κ3) is 6.33. The van der Waals surface area contributed by atoms with Crippen molar-refractivity contribution in [2.75, 3.05) is 26.2 Å². The summed E-state index contributed by atoms with van der Waals surface area (Å²) in [5.74, 6) is -0.417. The number of hydrogen-bond donors (Lipinski definition) is 0. The van der Waals surface area contributed by atoms with Crippen molar-refractivity contribution < 1.29 is 9.59 Å². The molecule has 188 valence electrons. The van der Waals surface area contributed by atoms with Crippen molar-refractivity contribution in [2.45, 2.75) is 19.3 Å². The summed E-state index contributed by atoms with van der Waals surface area (Å²) in [5, 5.41) is 0. The van der Waals surface area contributed by atoms with Gasteiger partial charge in [-0.3, -0.25) is 18.2 Å². The second-order valence-corrected chi connectivity index (χ2v) is 10.3. The predicted molar refractivity (Wildman–Crippen MR) is 150 cm³/mol.